The van der Waals surface area contributed by atoms with E-state index in [1.807, 2.05) is 0 Å². The number of hydrogen-bond donors (Lipinski definition) is 1. The maximum Gasteiger partial charge on any atom is 0.0267 e. The SMILES string of the molecule is CCCC(Cc1ccccc1)C(N)(Cc1ccccc1)Cc1ccccc1.Cl. The van der Waals surface area contributed by atoms with Gasteiger partial charge in [-0.1, -0.05) is 104 Å². The first-order chi connectivity index (χ1) is 13.2. The standard InChI is InChI=1S/C26H31N.ClH/c1-2-12-25(19-22-13-6-3-7-14-22)26(27,20-23-15-8-4-9-16-23)21-24-17-10-5-11-18-24;/h3-11,13-18,25H,2,12,19-21,27H2,1H3;1H. The molecule has 0 bridgehead atoms. The van der Waals surface area contributed by atoms with Crippen molar-refractivity contribution >= 4 is 12.4 Å². The van der Waals surface area contributed by atoms with E-state index in [1.165, 1.54) is 16.7 Å². The van der Waals surface area contributed by atoms with Gasteiger partial charge in [-0.3, -0.25) is 0 Å². The Kier molecular flexibility index (Phi) is 8.76. The van der Waals surface area contributed by atoms with Crippen molar-refractivity contribution in [3.63, 3.8) is 0 Å². The Morgan fingerprint density at radius 2 is 1.07 bits per heavy atom. The van der Waals surface area contributed by atoms with Gasteiger partial charge < -0.3 is 5.73 Å². The molecule has 0 aliphatic rings. The molecule has 0 saturated carbocycles. The molecule has 3 aromatic carbocycles. The lowest BCUT2D eigenvalue weighted by molar-refractivity contribution is 0.245. The molecule has 1 nitrogen and oxygen atoms in total. The van der Waals surface area contributed by atoms with Crippen molar-refractivity contribution in [1.29, 1.82) is 0 Å². The normalized spacial score (nSPS) is 12.2. The summed E-state index contributed by atoms with van der Waals surface area (Å²) in [5.74, 6) is 0.435. The molecule has 0 saturated heterocycles. The predicted molar refractivity (Wildman–Crippen MR) is 123 cm³/mol. The van der Waals surface area contributed by atoms with Crippen LogP contribution >= 0.6 is 12.4 Å². The van der Waals surface area contributed by atoms with Gasteiger partial charge in [0.1, 0.15) is 0 Å². The molecule has 0 fully saturated rings. The molecule has 2 heteroatoms. The number of halogens is 1. The zero-order valence-corrected chi connectivity index (χ0v) is 17.6. The Labute approximate surface area is 176 Å². The monoisotopic (exact) mass is 393 g/mol. The second kappa shape index (κ2) is 11.0. The van der Waals surface area contributed by atoms with Gasteiger partial charge in [-0.15, -0.1) is 12.4 Å². The quantitative estimate of drug-likeness (QED) is 0.456. The number of hydrogen-bond acceptors (Lipinski definition) is 1. The highest BCUT2D eigenvalue weighted by atomic mass is 35.5. The van der Waals surface area contributed by atoms with Crippen LogP contribution in [0.4, 0.5) is 0 Å². The number of nitrogens with two attached hydrogens (primary N) is 1. The van der Waals surface area contributed by atoms with Crippen LogP contribution in [0.15, 0.2) is 91.0 Å². The van der Waals surface area contributed by atoms with Gasteiger partial charge in [0.15, 0.2) is 0 Å². The molecule has 148 valence electrons. The second-order valence-electron chi connectivity index (χ2n) is 7.73. The molecule has 0 radical (unpaired) electrons. The average Bonchev–Trinajstić information content (AvgIpc) is 2.70. The van der Waals surface area contributed by atoms with Crippen molar-refractivity contribution in [3.8, 4) is 0 Å². The van der Waals surface area contributed by atoms with Crippen molar-refractivity contribution < 1.29 is 0 Å². The van der Waals surface area contributed by atoms with Crippen LogP contribution in [0.25, 0.3) is 0 Å². The Bertz CT molecular complexity index is 745. The van der Waals surface area contributed by atoms with Crippen LogP contribution in [0.1, 0.15) is 36.5 Å². The first-order valence-electron chi connectivity index (χ1n) is 10.1. The van der Waals surface area contributed by atoms with Crippen LogP contribution in [-0.4, -0.2) is 5.54 Å². The molecule has 1 unspecified atom stereocenters. The lowest BCUT2D eigenvalue weighted by atomic mass is 9.71. The molecule has 2 N–H and O–H groups in total. The minimum absolute atomic E-state index is 0. The van der Waals surface area contributed by atoms with Crippen LogP contribution in [0, 0.1) is 5.92 Å². The third kappa shape index (κ3) is 6.22. The van der Waals surface area contributed by atoms with E-state index in [-0.39, 0.29) is 17.9 Å². The lowest BCUT2D eigenvalue weighted by Gasteiger charge is -2.39. The summed E-state index contributed by atoms with van der Waals surface area (Å²) in [5, 5.41) is 0. The van der Waals surface area contributed by atoms with Crippen LogP contribution in [0.3, 0.4) is 0 Å². The third-order valence-corrected chi connectivity index (χ3v) is 5.53. The van der Waals surface area contributed by atoms with Gasteiger partial charge in [0, 0.05) is 5.54 Å². The van der Waals surface area contributed by atoms with Crippen molar-refractivity contribution in [2.24, 2.45) is 11.7 Å². The smallest absolute Gasteiger partial charge is 0.0267 e. The van der Waals surface area contributed by atoms with Gasteiger partial charge in [0.05, 0.1) is 0 Å². The van der Waals surface area contributed by atoms with Gasteiger partial charge in [-0.2, -0.15) is 0 Å². The molecule has 0 heterocycles. The van der Waals surface area contributed by atoms with Gasteiger partial charge >= 0.3 is 0 Å². The molecule has 0 amide bonds. The fraction of sp³-hybridized carbons (Fsp3) is 0.308. The maximum absolute atomic E-state index is 7.24. The summed E-state index contributed by atoms with van der Waals surface area (Å²) in [7, 11) is 0. The first kappa shape index (κ1) is 22.2. The summed E-state index contributed by atoms with van der Waals surface area (Å²) < 4.78 is 0. The number of benzene rings is 3. The van der Waals surface area contributed by atoms with Crippen LogP contribution in [0.2, 0.25) is 0 Å². The van der Waals surface area contributed by atoms with Gasteiger partial charge in [0.2, 0.25) is 0 Å². The maximum atomic E-state index is 7.24. The zero-order chi connectivity index (χ0) is 19.0. The van der Waals surface area contributed by atoms with Crippen LogP contribution in [-0.2, 0) is 19.3 Å². The molecular weight excluding hydrogens is 362 g/mol. The summed E-state index contributed by atoms with van der Waals surface area (Å²) in [6.45, 7) is 2.27. The summed E-state index contributed by atoms with van der Waals surface area (Å²) >= 11 is 0. The summed E-state index contributed by atoms with van der Waals surface area (Å²) in [4.78, 5) is 0. The van der Waals surface area contributed by atoms with Gasteiger partial charge in [-0.05, 0) is 48.3 Å². The Morgan fingerprint density at radius 3 is 1.46 bits per heavy atom. The van der Waals surface area contributed by atoms with Crippen molar-refractivity contribution in [3.05, 3.63) is 108 Å². The average molecular weight is 394 g/mol. The van der Waals surface area contributed by atoms with Crippen molar-refractivity contribution in [2.45, 2.75) is 44.6 Å². The minimum atomic E-state index is -0.269. The fourth-order valence-corrected chi connectivity index (χ4v) is 4.14. The van der Waals surface area contributed by atoms with Crippen molar-refractivity contribution in [1.82, 2.24) is 0 Å². The molecule has 0 aliphatic carbocycles. The Hall–Kier alpha value is -2.09. The van der Waals surface area contributed by atoms with E-state index < -0.39 is 0 Å². The Balaban J connectivity index is 0.00000280. The highest BCUT2D eigenvalue weighted by molar-refractivity contribution is 5.85. The summed E-state index contributed by atoms with van der Waals surface area (Å²) in [5.41, 5.74) is 11.0. The topological polar surface area (TPSA) is 26.0 Å². The number of rotatable bonds is 9. The molecular formula is C26H32ClN. The second-order valence-corrected chi connectivity index (χ2v) is 7.73. The molecule has 1 atom stereocenters. The minimum Gasteiger partial charge on any atom is -0.324 e. The van der Waals surface area contributed by atoms with E-state index in [4.69, 9.17) is 5.73 Å². The molecule has 3 aromatic rings. The molecule has 28 heavy (non-hydrogen) atoms. The van der Waals surface area contributed by atoms with Gasteiger partial charge in [-0.25, -0.2) is 0 Å². The van der Waals surface area contributed by atoms with E-state index in [1.54, 1.807) is 0 Å². The van der Waals surface area contributed by atoms with E-state index >= 15 is 0 Å². The van der Waals surface area contributed by atoms with E-state index in [9.17, 15) is 0 Å². The first-order valence-corrected chi connectivity index (χ1v) is 10.1. The molecule has 0 spiro atoms. The molecule has 3 rings (SSSR count). The fourth-order valence-electron chi connectivity index (χ4n) is 4.14. The summed E-state index contributed by atoms with van der Waals surface area (Å²) in [6, 6.07) is 32.2. The molecule has 0 aliphatic heterocycles. The van der Waals surface area contributed by atoms with Crippen LogP contribution in [0.5, 0.6) is 0 Å². The Morgan fingerprint density at radius 1 is 0.679 bits per heavy atom. The highest BCUT2D eigenvalue weighted by Gasteiger charge is 2.34. The largest absolute Gasteiger partial charge is 0.324 e. The summed E-state index contributed by atoms with van der Waals surface area (Å²) in [6.07, 6.45) is 5.14. The zero-order valence-electron chi connectivity index (χ0n) is 16.8. The van der Waals surface area contributed by atoms with Gasteiger partial charge in [0.25, 0.3) is 0 Å². The highest BCUT2D eigenvalue weighted by Crippen LogP contribution is 2.31. The van der Waals surface area contributed by atoms with Crippen LogP contribution < -0.4 is 5.73 Å². The predicted octanol–water partition coefficient (Wildman–Crippen LogP) is 6.25. The van der Waals surface area contributed by atoms with E-state index in [0.717, 1.165) is 32.1 Å². The van der Waals surface area contributed by atoms with E-state index in [0.29, 0.717) is 5.92 Å². The molecule has 0 aromatic heterocycles. The third-order valence-electron chi connectivity index (χ3n) is 5.53. The van der Waals surface area contributed by atoms with E-state index in [2.05, 4.69) is 97.9 Å². The van der Waals surface area contributed by atoms with Crippen molar-refractivity contribution in [2.75, 3.05) is 0 Å². The lowest BCUT2D eigenvalue weighted by Crippen LogP contribution is -2.52.